The number of ether oxygens (including phenoxy) is 2. The van der Waals surface area contributed by atoms with Gasteiger partial charge in [0.05, 0.1) is 0 Å². The minimum absolute atomic E-state index is 0.435. The zero-order valence-corrected chi connectivity index (χ0v) is 14.5. The minimum atomic E-state index is -0.735. The average Bonchev–Trinajstić information content (AvgIpc) is 2.66. The lowest BCUT2D eigenvalue weighted by Crippen LogP contribution is -2.43. The summed E-state index contributed by atoms with van der Waals surface area (Å²) in [7, 11) is 0. The number of amides is 3. The van der Waals surface area contributed by atoms with Crippen LogP contribution >= 0.6 is 0 Å². The summed E-state index contributed by atoms with van der Waals surface area (Å²) < 4.78 is 11.1. The monoisotopic (exact) mass is 355 g/mol. The maximum Gasteiger partial charge on any atom is 0.321 e. The topological polar surface area (TPSA) is 88.7 Å². The largest absolute Gasteiger partial charge is 0.486 e. The van der Waals surface area contributed by atoms with E-state index in [1.807, 2.05) is 36.4 Å². The first-order valence-corrected chi connectivity index (χ1v) is 8.47. The first kappa shape index (κ1) is 17.6. The van der Waals surface area contributed by atoms with Crippen LogP contribution in [-0.2, 0) is 4.79 Å². The molecular weight excluding hydrogens is 334 g/mol. The molecule has 0 saturated carbocycles. The van der Waals surface area contributed by atoms with Gasteiger partial charge in [0, 0.05) is 18.3 Å². The maximum atomic E-state index is 12.6. The van der Waals surface area contributed by atoms with E-state index >= 15 is 0 Å². The van der Waals surface area contributed by atoms with Crippen LogP contribution in [0.1, 0.15) is 18.5 Å². The summed E-state index contributed by atoms with van der Waals surface area (Å²) >= 11 is 0. The number of rotatable bonds is 5. The summed E-state index contributed by atoms with van der Waals surface area (Å²) in [5.41, 5.74) is 1.43. The van der Waals surface area contributed by atoms with Crippen LogP contribution in [0.25, 0.3) is 0 Å². The molecule has 1 aliphatic heterocycles. The van der Waals surface area contributed by atoms with Gasteiger partial charge in [-0.2, -0.15) is 0 Å². The predicted octanol–water partition coefficient (Wildman–Crippen LogP) is 2.46. The van der Waals surface area contributed by atoms with Gasteiger partial charge < -0.3 is 20.1 Å². The van der Waals surface area contributed by atoms with Crippen molar-refractivity contribution in [3.8, 4) is 11.5 Å². The first-order chi connectivity index (χ1) is 12.7. The van der Waals surface area contributed by atoms with Crippen molar-refractivity contribution in [1.82, 2.24) is 10.6 Å². The lowest BCUT2D eigenvalue weighted by Gasteiger charge is -2.22. The second-order valence-corrected chi connectivity index (χ2v) is 5.70. The smallest absolute Gasteiger partial charge is 0.321 e. The third-order valence-electron chi connectivity index (χ3n) is 3.82. The molecule has 2 aromatic carbocycles. The van der Waals surface area contributed by atoms with Gasteiger partial charge in [-0.15, -0.1) is 0 Å². The fraction of sp³-hybridized carbons (Fsp3) is 0.263. The number of benzene rings is 2. The van der Waals surface area contributed by atoms with Gasteiger partial charge in [-0.1, -0.05) is 30.3 Å². The fourth-order valence-electron chi connectivity index (χ4n) is 2.63. The molecule has 26 heavy (non-hydrogen) atoms. The lowest BCUT2D eigenvalue weighted by molar-refractivity contribution is -0.120. The van der Waals surface area contributed by atoms with Crippen molar-refractivity contribution >= 4 is 17.6 Å². The molecule has 3 rings (SSSR count). The molecule has 2 aromatic rings. The number of carbonyl (C=O) groups is 2. The molecule has 1 heterocycles. The lowest BCUT2D eigenvalue weighted by atomic mass is 10.1. The van der Waals surface area contributed by atoms with Gasteiger partial charge in [0.25, 0.3) is 5.91 Å². The Balaban J connectivity index is 1.82. The molecule has 0 spiro atoms. The Morgan fingerprint density at radius 3 is 2.50 bits per heavy atom. The summed E-state index contributed by atoms with van der Waals surface area (Å²) in [5.74, 6) is 0.846. The molecule has 1 aliphatic rings. The van der Waals surface area contributed by atoms with E-state index in [4.69, 9.17) is 9.47 Å². The summed E-state index contributed by atoms with van der Waals surface area (Å²) in [6.07, 6.45) is 0. The summed E-state index contributed by atoms with van der Waals surface area (Å²) in [6, 6.07) is 13.3. The molecule has 7 nitrogen and oxygen atoms in total. The second kappa shape index (κ2) is 8.24. The molecule has 0 saturated heterocycles. The molecule has 0 aliphatic carbocycles. The van der Waals surface area contributed by atoms with Crippen molar-refractivity contribution in [3.05, 3.63) is 54.1 Å². The van der Waals surface area contributed by atoms with Crippen LogP contribution in [0.15, 0.2) is 48.5 Å². The Morgan fingerprint density at radius 2 is 1.77 bits per heavy atom. The molecule has 0 fully saturated rings. The van der Waals surface area contributed by atoms with Gasteiger partial charge in [0.2, 0.25) is 0 Å². The van der Waals surface area contributed by atoms with Crippen LogP contribution in [-0.4, -0.2) is 31.7 Å². The van der Waals surface area contributed by atoms with Crippen molar-refractivity contribution < 1.29 is 19.1 Å². The van der Waals surface area contributed by atoms with E-state index in [1.54, 1.807) is 19.1 Å². The Labute approximate surface area is 151 Å². The van der Waals surface area contributed by atoms with Gasteiger partial charge in [-0.05, 0) is 24.6 Å². The number of nitrogens with one attached hydrogen (secondary N) is 3. The molecule has 0 radical (unpaired) electrons. The van der Waals surface area contributed by atoms with Crippen LogP contribution in [0.3, 0.4) is 0 Å². The van der Waals surface area contributed by atoms with Crippen molar-refractivity contribution in [2.24, 2.45) is 0 Å². The molecule has 0 aromatic heterocycles. The second-order valence-electron chi connectivity index (χ2n) is 5.70. The maximum absolute atomic E-state index is 12.6. The van der Waals surface area contributed by atoms with Crippen molar-refractivity contribution in [2.45, 2.75) is 13.0 Å². The van der Waals surface area contributed by atoms with Gasteiger partial charge in [0.1, 0.15) is 19.3 Å². The van der Waals surface area contributed by atoms with E-state index in [1.165, 1.54) is 0 Å². The third-order valence-corrected chi connectivity index (χ3v) is 3.82. The summed E-state index contributed by atoms with van der Waals surface area (Å²) in [6.45, 7) is 3.22. The Hall–Kier alpha value is -3.22. The zero-order valence-electron chi connectivity index (χ0n) is 14.5. The normalized spacial score (nSPS) is 13.4. The van der Waals surface area contributed by atoms with E-state index < -0.39 is 18.0 Å². The van der Waals surface area contributed by atoms with E-state index in [0.29, 0.717) is 36.9 Å². The highest BCUT2D eigenvalue weighted by Gasteiger charge is 2.23. The van der Waals surface area contributed by atoms with E-state index in [2.05, 4.69) is 16.0 Å². The predicted molar refractivity (Wildman–Crippen MR) is 97.5 cm³/mol. The standard InChI is InChI=1S/C19H21N3O4/c1-2-20-19(24)22-18(23)17(13-6-4-3-5-7-13)21-14-8-9-15-16(12-14)26-11-10-25-15/h3-9,12,17,21H,2,10-11H2,1H3,(H2,20,22,23,24)/t17-/m0/s1. The SMILES string of the molecule is CCNC(=O)NC(=O)[C@@H](Nc1ccc2c(c1)OCCO2)c1ccccc1. The Bertz CT molecular complexity index is 780. The number of anilines is 1. The zero-order chi connectivity index (χ0) is 18.4. The molecule has 3 N–H and O–H groups in total. The number of imide groups is 1. The van der Waals surface area contributed by atoms with Gasteiger partial charge in [0.15, 0.2) is 11.5 Å². The van der Waals surface area contributed by atoms with Crippen LogP contribution in [0.5, 0.6) is 11.5 Å². The van der Waals surface area contributed by atoms with Crippen LogP contribution in [0.2, 0.25) is 0 Å². The molecule has 3 amide bonds. The molecule has 0 unspecified atom stereocenters. The minimum Gasteiger partial charge on any atom is -0.486 e. The Kier molecular flexibility index (Phi) is 5.58. The quantitative estimate of drug-likeness (QED) is 0.767. The van der Waals surface area contributed by atoms with Crippen LogP contribution < -0.4 is 25.4 Å². The molecule has 7 heteroatoms. The van der Waals surface area contributed by atoms with Crippen molar-refractivity contribution in [3.63, 3.8) is 0 Å². The van der Waals surface area contributed by atoms with Gasteiger partial charge >= 0.3 is 6.03 Å². The molecule has 1 atom stereocenters. The van der Waals surface area contributed by atoms with Gasteiger partial charge in [-0.25, -0.2) is 4.79 Å². The number of fused-ring (bicyclic) bond motifs is 1. The first-order valence-electron chi connectivity index (χ1n) is 8.47. The summed E-state index contributed by atoms with van der Waals surface area (Å²) in [5, 5.41) is 8.07. The number of hydrogen-bond acceptors (Lipinski definition) is 5. The van der Waals surface area contributed by atoms with Crippen LogP contribution in [0.4, 0.5) is 10.5 Å². The van der Waals surface area contributed by atoms with E-state index in [0.717, 1.165) is 5.56 Å². The highest BCUT2D eigenvalue weighted by molar-refractivity contribution is 5.98. The Morgan fingerprint density at radius 1 is 1.04 bits per heavy atom. The van der Waals surface area contributed by atoms with Crippen molar-refractivity contribution in [1.29, 1.82) is 0 Å². The number of urea groups is 1. The highest BCUT2D eigenvalue weighted by Crippen LogP contribution is 2.33. The summed E-state index contributed by atoms with van der Waals surface area (Å²) in [4.78, 5) is 24.4. The number of hydrogen-bond donors (Lipinski definition) is 3. The average molecular weight is 355 g/mol. The van der Waals surface area contributed by atoms with E-state index in [-0.39, 0.29) is 0 Å². The number of carbonyl (C=O) groups excluding carboxylic acids is 2. The van der Waals surface area contributed by atoms with E-state index in [9.17, 15) is 9.59 Å². The molecular formula is C19H21N3O4. The molecule has 136 valence electrons. The molecule has 0 bridgehead atoms. The highest BCUT2D eigenvalue weighted by atomic mass is 16.6. The van der Waals surface area contributed by atoms with Crippen LogP contribution in [0, 0.1) is 0 Å². The van der Waals surface area contributed by atoms with Crippen molar-refractivity contribution in [2.75, 3.05) is 25.1 Å². The van der Waals surface area contributed by atoms with Gasteiger partial charge in [-0.3, -0.25) is 10.1 Å². The third kappa shape index (κ3) is 4.24. The fourth-order valence-corrected chi connectivity index (χ4v) is 2.63.